The Morgan fingerprint density at radius 1 is 1.19 bits per heavy atom. The molecule has 1 unspecified atom stereocenters. The molecule has 2 nitrogen and oxygen atoms in total. The molecule has 1 rings (SSSR count). The number of ether oxygens (including phenoxy) is 1. The van der Waals surface area contributed by atoms with E-state index in [2.05, 4.69) is 4.74 Å². The number of alkyl halides is 3. The zero-order valence-electron chi connectivity index (χ0n) is 16.0. The Bertz CT molecular complexity index is 676. The van der Waals surface area contributed by atoms with E-state index < -0.39 is 17.6 Å². The number of carbonyl (C=O) groups excluding carboxylic acids is 1. The first kappa shape index (κ1) is 22.0. The van der Waals surface area contributed by atoms with Crippen molar-refractivity contribution in [1.29, 1.82) is 0 Å². The van der Waals surface area contributed by atoms with Gasteiger partial charge >= 0.3 is 12.1 Å². The lowest BCUT2D eigenvalue weighted by atomic mass is 9.70. The smallest absolute Gasteiger partial charge is 0.398 e. The average molecular weight is 368 g/mol. The van der Waals surface area contributed by atoms with Gasteiger partial charge in [0, 0.05) is 6.08 Å². The number of esters is 1. The van der Waals surface area contributed by atoms with E-state index >= 15 is 0 Å². The minimum atomic E-state index is -4.26. The fourth-order valence-corrected chi connectivity index (χ4v) is 2.98. The molecule has 1 aliphatic carbocycles. The number of hydrogen-bond acceptors (Lipinski definition) is 2. The van der Waals surface area contributed by atoms with E-state index in [0.29, 0.717) is 18.4 Å². The van der Waals surface area contributed by atoms with Crippen molar-refractivity contribution in [1.82, 2.24) is 0 Å². The molecule has 26 heavy (non-hydrogen) atoms. The van der Waals surface area contributed by atoms with Crippen LogP contribution in [0.2, 0.25) is 0 Å². The lowest BCUT2D eigenvalue weighted by molar-refractivity contribution is -0.206. The summed E-state index contributed by atoms with van der Waals surface area (Å²) in [5.41, 5.74) is 0.923. The van der Waals surface area contributed by atoms with Crippen LogP contribution in [0.4, 0.5) is 13.2 Å². The number of allylic oxidation sites excluding steroid dienone is 9. The first-order valence-corrected chi connectivity index (χ1v) is 8.57. The van der Waals surface area contributed by atoms with E-state index in [1.54, 1.807) is 44.2 Å². The molecular formula is C21H27F3O2. The molecule has 0 saturated carbocycles. The third-order valence-corrected chi connectivity index (χ3v) is 4.69. The summed E-state index contributed by atoms with van der Waals surface area (Å²) in [6, 6.07) is 0. The number of halogens is 3. The Morgan fingerprint density at radius 3 is 2.42 bits per heavy atom. The molecule has 5 heteroatoms. The summed E-state index contributed by atoms with van der Waals surface area (Å²) < 4.78 is 45.2. The molecular weight excluding hydrogens is 341 g/mol. The molecule has 0 saturated heterocycles. The van der Waals surface area contributed by atoms with E-state index in [9.17, 15) is 18.0 Å². The van der Waals surface area contributed by atoms with Crippen molar-refractivity contribution in [2.24, 2.45) is 5.41 Å². The molecule has 0 amide bonds. The van der Waals surface area contributed by atoms with Gasteiger partial charge in [-0.05, 0) is 58.1 Å². The van der Waals surface area contributed by atoms with E-state index in [4.69, 9.17) is 0 Å². The highest BCUT2D eigenvalue weighted by Gasteiger charge is 2.53. The van der Waals surface area contributed by atoms with Crippen molar-refractivity contribution < 1.29 is 22.7 Å². The second kappa shape index (κ2) is 9.06. The van der Waals surface area contributed by atoms with Crippen LogP contribution in [-0.4, -0.2) is 19.3 Å². The van der Waals surface area contributed by atoms with Crippen molar-refractivity contribution in [3.8, 4) is 0 Å². The largest absolute Gasteiger partial charge is 0.466 e. The van der Waals surface area contributed by atoms with Crippen LogP contribution in [0.5, 0.6) is 0 Å². The maximum absolute atomic E-state index is 13.6. The summed E-state index contributed by atoms with van der Waals surface area (Å²) >= 11 is 0. The summed E-state index contributed by atoms with van der Waals surface area (Å²) in [7, 11) is 1.31. The van der Waals surface area contributed by atoms with Gasteiger partial charge < -0.3 is 4.74 Å². The first-order valence-electron chi connectivity index (χ1n) is 8.57. The van der Waals surface area contributed by atoms with Crippen LogP contribution in [0.25, 0.3) is 0 Å². The van der Waals surface area contributed by atoms with Gasteiger partial charge in [-0.1, -0.05) is 41.5 Å². The van der Waals surface area contributed by atoms with Crippen molar-refractivity contribution in [3.05, 3.63) is 58.7 Å². The lowest BCUT2D eigenvalue weighted by Crippen LogP contribution is -2.38. The third-order valence-electron chi connectivity index (χ3n) is 4.69. The maximum atomic E-state index is 13.6. The summed E-state index contributed by atoms with van der Waals surface area (Å²) in [6.45, 7) is 6.65. The zero-order chi connectivity index (χ0) is 20.0. The van der Waals surface area contributed by atoms with Crippen molar-refractivity contribution >= 4 is 5.97 Å². The Morgan fingerprint density at radius 2 is 1.85 bits per heavy atom. The second-order valence-corrected chi connectivity index (χ2v) is 6.89. The highest BCUT2D eigenvalue weighted by atomic mass is 19.4. The monoisotopic (exact) mass is 368 g/mol. The molecule has 0 bridgehead atoms. The van der Waals surface area contributed by atoms with Gasteiger partial charge in [0.05, 0.1) is 12.5 Å². The minimum Gasteiger partial charge on any atom is -0.466 e. The van der Waals surface area contributed by atoms with Crippen LogP contribution in [0, 0.1) is 5.41 Å². The van der Waals surface area contributed by atoms with Crippen molar-refractivity contribution in [2.45, 2.75) is 53.1 Å². The number of methoxy groups -OCH3 is 1. The number of rotatable bonds is 5. The van der Waals surface area contributed by atoms with Gasteiger partial charge in [-0.3, -0.25) is 0 Å². The van der Waals surface area contributed by atoms with Gasteiger partial charge in [0.2, 0.25) is 0 Å². The van der Waals surface area contributed by atoms with Crippen LogP contribution in [0.15, 0.2) is 58.7 Å². The molecule has 0 aliphatic heterocycles. The molecule has 0 fully saturated rings. The quantitative estimate of drug-likeness (QED) is 0.326. The van der Waals surface area contributed by atoms with Gasteiger partial charge in [0.1, 0.15) is 0 Å². The Kier molecular flexibility index (Phi) is 7.67. The molecule has 0 aromatic rings. The van der Waals surface area contributed by atoms with Crippen LogP contribution < -0.4 is 0 Å². The van der Waals surface area contributed by atoms with Crippen LogP contribution in [0.3, 0.4) is 0 Å². The van der Waals surface area contributed by atoms with Crippen LogP contribution in [0.1, 0.15) is 47.0 Å². The van der Waals surface area contributed by atoms with E-state index in [1.807, 2.05) is 6.92 Å². The maximum Gasteiger partial charge on any atom is 0.398 e. The third kappa shape index (κ3) is 5.75. The molecule has 1 atom stereocenters. The summed E-state index contributed by atoms with van der Waals surface area (Å²) in [4.78, 5) is 11.1. The fraction of sp³-hybridized carbons (Fsp3) is 0.476. The fourth-order valence-electron chi connectivity index (χ4n) is 2.98. The van der Waals surface area contributed by atoms with Gasteiger partial charge in [-0.25, -0.2) is 4.79 Å². The highest BCUT2D eigenvalue weighted by molar-refractivity contribution is 5.83. The van der Waals surface area contributed by atoms with E-state index in [1.165, 1.54) is 20.1 Å². The summed E-state index contributed by atoms with van der Waals surface area (Å²) in [5, 5.41) is 0. The van der Waals surface area contributed by atoms with E-state index in [0.717, 1.165) is 16.7 Å². The molecule has 0 aromatic heterocycles. The summed E-state index contributed by atoms with van der Waals surface area (Å²) in [6.07, 6.45) is 7.05. The van der Waals surface area contributed by atoms with Gasteiger partial charge in [-0.2, -0.15) is 13.2 Å². The molecule has 0 spiro atoms. The minimum absolute atomic E-state index is 0.119. The summed E-state index contributed by atoms with van der Waals surface area (Å²) in [5.74, 6) is -0.432. The molecule has 144 valence electrons. The lowest BCUT2D eigenvalue weighted by Gasteiger charge is -2.38. The van der Waals surface area contributed by atoms with Gasteiger partial charge in [-0.15, -0.1) is 0 Å². The Balaban J connectivity index is 2.96. The van der Waals surface area contributed by atoms with E-state index in [-0.39, 0.29) is 6.42 Å². The second-order valence-electron chi connectivity index (χ2n) is 6.89. The van der Waals surface area contributed by atoms with Crippen molar-refractivity contribution in [2.75, 3.05) is 7.11 Å². The van der Waals surface area contributed by atoms with Crippen LogP contribution >= 0.6 is 0 Å². The normalized spacial score (nSPS) is 23.2. The van der Waals surface area contributed by atoms with Gasteiger partial charge in [0.15, 0.2) is 0 Å². The SMILES string of the molecule is COC(=O)\C=C(C)/C=C/C=C(C)/C=C/C1=C(C)CCCC1(C)C(F)(F)F. The topological polar surface area (TPSA) is 26.3 Å². The highest BCUT2D eigenvalue weighted by Crippen LogP contribution is 2.52. The average Bonchev–Trinajstić information content (AvgIpc) is 2.53. The molecule has 0 N–H and O–H groups in total. The predicted molar refractivity (Wildman–Crippen MR) is 98.5 cm³/mol. The Hall–Kier alpha value is -2.04. The molecule has 0 heterocycles. The molecule has 0 radical (unpaired) electrons. The van der Waals surface area contributed by atoms with Crippen LogP contribution in [-0.2, 0) is 9.53 Å². The zero-order valence-corrected chi connectivity index (χ0v) is 16.0. The molecule has 0 aromatic carbocycles. The standard InChI is InChI=1S/C21H27F3O2/c1-15(8-6-9-16(2)14-19(25)26-5)11-12-18-17(3)10-7-13-20(18,4)21(22,23)24/h6,8-9,11-12,14H,7,10,13H2,1-5H3/b9-6+,12-11+,15-8+,16-14-. The Labute approximate surface area is 153 Å². The van der Waals surface area contributed by atoms with Gasteiger partial charge in [0.25, 0.3) is 0 Å². The number of hydrogen-bond donors (Lipinski definition) is 0. The van der Waals surface area contributed by atoms with Crippen molar-refractivity contribution in [3.63, 3.8) is 0 Å². The molecule has 1 aliphatic rings. The number of carbonyl (C=O) groups is 1. The first-order chi connectivity index (χ1) is 12.0. The predicted octanol–water partition coefficient (Wildman–Crippen LogP) is 6.23.